The fourth-order valence-corrected chi connectivity index (χ4v) is 8.00. The van der Waals surface area contributed by atoms with E-state index in [0.29, 0.717) is 29.7 Å². The van der Waals surface area contributed by atoms with E-state index >= 15 is 0 Å². The molecule has 2 saturated heterocycles. The van der Waals surface area contributed by atoms with Crippen molar-refractivity contribution in [1.82, 2.24) is 25.4 Å². The lowest BCUT2D eigenvalue weighted by atomic mass is 9.86. The Kier molecular flexibility index (Phi) is 13.4. The van der Waals surface area contributed by atoms with E-state index in [0.717, 1.165) is 21.1 Å². The number of nitrogens with two attached hydrogens (primary N) is 2. The van der Waals surface area contributed by atoms with Gasteiger partial charge in [-0.2, -0.15) is 0 Å². The number of benzene rings is 1. The summed E-state index contributed by atoms with van der Waals surface area (Å²) in [4.78, 5) is 94.1. The number of oxime groups is 1. The van der Waals surface area contributed by atoms with E-state index < -0.39 is 77.7 Å². The second-order valence-corrected chi connectivity index (χ2v) is 14.1. The van der Waals surface area contributed by atoms with Gasteiger partial charge in [0.05, 0.1) is 6.04 Å². The molecular formula is C32H33ClN8O12S2. The number of amides is 4. The zero-order chi connectivity index (χ0) is 39.4. The summed E-state index contributed by atoms with van der Waals surface area (Å²) in [5.41, 5.74) is 11.8. The van der Waals surface area contributed by atoms with Gasteiger partial charge in [0, 0.05) is 16.2 Å². The van der Waals surface area contributed by atoms with E-state index in [1.54, 1.807) is 24.3 Å². The molecule has 20 nitrogen and oxygen atoms in total. The average molecular weight is 821 g/mol. The number of carboxylic acid groups (broad SMARTS) is 3. The number of fused-ring (bicyclic) bond motifs is 2. The highest BCUT2D eigenvalue weighted by atomic mass is 35.5. The average Bonchev–Trinajstić information content (AvgIpc) is 3.58. The zero-order valence-corrected chi connectivity index (χ0v) is 30.6. The van der Waals surface area contributed by atoms with Crippen molar-refractivity contribution in [2.45, 2.75) is 42.4 Å². The number of nitrogen functional groups attached to an aromatic ring is 1. The largest absolute Gasteiger partial charge is 0.479 e. The molecule has 0 bridgehead atoms. The maximum Gasteiger partial charge on any atom is 0.353 e. The summed E-state index contributed by atoms with van der Waals surface area (Å²) in [6.45, 7) is 2.77. The Morgan fingerprint density at radius 2 is 1.71 bits per heavy atom. The monoisotopic (exact) mass is 820 g/mol. The van der Waals surface area contributed by atoms with Crippen LogP contribution < -0.4 is 22.1 Å². The molecule has 0 saturated carbocycles. The van der Waals surface area contributed by atoms with Crippen molar-refractivity contribution in [3.63, 3.8) is 0 Å². The second kappa shape index (κ2) is 17.6. The van der Waals surface area contributed by atoms with Gasteiger partial charge in [0.25, 0.3) is 17.7 Å². The van der Waals surface area contributed by atoms with Gasteiger partial charge in [0.1, 0.15) is 40.6 Å². The predicted molar refractivity (Wildman–Crippen MR) is 196 cm³/mol. The molecule has 0 unspecified atom stereocenters. The van der Waals surface area contributed by atoms with Crippen molar-refractivity contribution < 1.29 is 59.2 Å². The third-order valence-electron chi connectivity index (χ3n) is 8.38. The van der Waals surface area contributed by atoms with Gasteiger partial charge in [-0.15, -0.1) is 23.1 Å². The Balaban J connectivity index is 0.000000246. The van der Waals surface area contributed by atoms with Crippen LogP contribution in [0, 0.1) is 0 Å². The minimum atomic E-state index is -1.30. The van der Waals surface area contributed by atoms with Crippen molar-refractivity contribution in [2.75, 3.05) is 18.1 Å². The number of carbonyl (C=O) groups excluding carboxylic acids is 4. The number of carbonyl (C=O) groups is 7. The lowest BCUT2D eigenvalue weighted by Gasteiger charge is -2.49. The molecule has 6 rings (SSSR count). The molecule has 1 aromatic carbocycles. The Bertz CT molecular complexity index is 2020. The molecule has 0 spiro atoms. The number of rotatable bonds is 12. The van der Waals surface area contributed by atoms with E-state index in [1.165, 1.54) is 23.2 Å². The minimum Gasteiger partial charge on any atom is -0.479 e. The number of halogens is 1. The fraction of sp³-hybridized carbons (Fsp3) is 0.281. The van der Waals surface area contributed by atoms with Crippen LogP contribution in [0.4, 0.5) is 5.13 Å². The Morgan fingerprint density at radius 3 is 2.29 bits per heavy atom. The number of nitrogens with zero attached hydrogens (tertiary/aromatic N) is 4. The molecule has 4 aliphatic rings. The summed E-state index contributed by atoms with van der Waals surface area (Å²) in [6.07, 6.45) is 2.23. The quantitative estimate of drug-likeness (QED) is 0.0794. The van der Waals surface area contributed by atoms with Crippen LogP contribution in [-0.2, 0) is 38.4 Å². The van der Waals surface area contributed by atoms with Crippen molar-refractivity contribution in [2.24, 2.45) is 10.9 Å². The number of aliphatic carboxylic acids is 3. The molecule has 4 aliphatic heterocycles. The number of thioether (sulfide) groups is 1. The molecule has 11 N–H and O–H groups in total. The lowest BCUT2D eigenvalue weighted by Crippen LogP contribution is -2.72. The van der Waals surface area contributed by atoms with Crippen LogP contribution in [0.1, 0.15) is 30.1 Å². The number of anilines is 1. The minimum absolute atomic E-state index is 0. The van der Waals surface area contributed by atoms with Crippen LogP contribution in [0.5, 0.6) is 0 Å². The fourth-order valence-electron chi connectivity index (χ4n) is 5.83. The molecule has 1 aromatic heterocycles. The number of aromatic nitrogens is 1. The maximum atomic E-state index is 12.7. The first kappa shape index (κ1) is 41.9. The summed E-state index contributed by atoms with van der Waals surface area (Å²) >= 11 is 8.22. The number of hydrogen-bond donors (Lipinski definition) is 7. The summed E-state index contributed by atoms with van der Waals surface area (Å²) in [7, 11) is 0. The van der Waals surface area contributed by atoms with Gasteiger partial charge in [-0.25, -0.2) is 19.4 Å². The van der Waals surface area contributed by atoms with Crippen LogP contribution >= 0.6 is 34.7 Å². The number of β-lactam (4-membered cyclic amide) rings is 2. The lowest BCUT2D eigenvalue weighted by molar-refractivity contribution is -0.156. The zero-order valence-electron chi connectivity index (χ0n) is 28.2. The molecule has 2 aromatic rings. The SMILES string of the molecule is C=CC1=C(C(=O)O)N2C(=O)[C@@H](NC(=O)/C(=N\OCC(=O)O)c3csc(N)n3)[C@H]2SC1.N[C@@H](C(=O)N[C@@H]1C(=O)N2C(C(=O)O)=C(Cl)CC[C@H]12)c1ccccc1.O. The third kappa shape index (κ3) is 8.62. The van der Waals surface area contributed by atoms with Crippen molar-refractivity contribution >= 4 is 87.1 Å². The molecule has 292 valence electrons. The van der Waals surface area contributed by atoms with Gasteiger partial charge in [-0.3, -0.25) is 29.0 Å². The number of thiazole rings is 1. The molecule has 5 heterocycles. The van der Waals surface area contributed by atoms with Gasteiger partial charge in [0.2, 0.25) is 12.5 Å². The summed E-state index contributed by atoms with van der Waals surface area (Å²) in [6, 6.07) is 5.73. The van der Waals surface area contributed by atoms with Gasteiger partial charge in [-0.1, -0.05) is 59.7 Å². The standard InChI is InChI=1S/C16H16ClN3O4.C16H15N5O7S2.H2O/c17-9-6-7-10-12(15(22)20(10)13(9)16(23)24)19-14(21)11(18)8-4-2-1-3-5-8;1-2-6-4-29-14-10(13(25)21(14)11(6)15(26)27)19-12(24)9(20-28-3-8(22)23)7-5-30-16(17)18-7;/h1-5,10-12H,6-7,18H2,(H,19,21)(H,23,24);2,5,10,14H,1,3-4H2,(H2,17,18)(H,19,24)(H,22,23)(H,26,27);1H2/b;20-9-;/t10-,11-,12+;10-,14-;/m11./s1. The van der Waals surface area contributed by atoms with Gasteiger partial charge in [-0.05, 0) is 24.0 Å². The van der Waals surface area contributed by atoms with E-state index in [-0.39, 0.29) is 38.4 Å². The van der Waals surface area contributed by atoms with Crippen molar-refractivity contribution in [3.05, 3.63) is 81.6 Å². The highest BCUT2D eigenvalue weighted by Gasteiger charge is 2.55. The Labute approximate surface area is 323 Å². The van der Waals surface area contributed by atoms with Gasteiger partial charge < -0.3 is 47.7 Å². The summed E-state index contributed by atoms with van der Waals surface area (Å²) < 4.78 is 0. The number of carboxylic acids is 3. The predicted octanol–water partition coefficient (Wildman–Crippen LogP) is -0.659. The third-order valence-corrected chi connectivity index (χ3v) is 10.7. The maximum absolute atomic E-state index is 12.7. The number of nitrogens with one attached hydrogen (secondary N) is 2. The first-order valence-electron chi connectivity index (χ1n) is 15.7. The first-order valence-corrected chi connectivity index (χ1v) is 18.0. The summed E-state index contributed by atoms with van der Waals surface area (Å²) in [5.74, 6) is -5.93. The highest BCUT2D eigenvalue weighted by molar-refractivity contribution is 8.00. The molecule has 23 heteroatoms. The molecule has 0 radical (unpaired) electrons. The van der Waals surface area contributed by atoms with Gasteiger partial charge >= 0.3 is 17.9 Å². The number of hydrogen-bond acceptors (Lipinski definition) is 14. The van der Waals surface area contributed by atoms with E-state index in [2.05, 4.69) is 32.2 Å². The highest BCUT2D eigenvalue weighted by Crippen LogP contribution is 2.41. The summed E-state index contributed by atoms with van der Waals surface area (Å²) in [5, 5.41) is 37.0. The Morgan fingerprint density at radius 1 is 1.05 bits per heavy atom. The molecule has 5 atom stereocenters. The molecule has 55 heavy (non-hydrogen) atoms. The van der Waals surface area contributed by atoms with Crippen LogP contribution in [0.25, 0.3) is 0 Å². The normalized spacial score (nSPS) is 21.9. The van der Waals surface area contributed by atoms with Crippen molar-refractivity contribution in [3.8, 4) is 0 Å². The topological polar surface area (TPSA) is 329 Å². The second-order valence-electron chi connectivity index (χ2n) is 11.7. The Hall–Kier alpha value is -5.81. The smallest absolute Gasteiger partial charge is 0.353 e. The van der Waals surface area contributed by atoms with Crippen molar-refractivity contribution in [1.29, 1.82) is 0 Å². The van der Waals surface area contributed by atoms with Gasteiger partial charge in [0.15, 0.2) is 10.8 Å². The first-order chi connectivity index (χ1) is 25.7. The van der Waals surface area contributed by atoms with E-state index in [9.17, 15) is 43.8 Å². The number of allylic oxidation sites excluding steroid dienone is 2. The van der Waals surface area contributed by atoms with Crippen LogP contribution in [0.3, 0.4) is 0 Å². The molecule has 2 fully saturated rings. The van der Waals surface area contributed by atoms with Crippen LogP contribution in [-0.4, -0.2) is 119 Å². The van der Waals surface area contributed by atoms with E-state index in [1.807, 2.05) is 6.07 Å². The molecular weight excluding hydrogens is 788 g/mol. The molecule has 4 amide bonds. The van der Waals surface area contributed by atoms with E-state index in [4.69, 9.17) is 28.2 Å². The van der Waals surface area contributed by atoms with Crippen LogP contribution in [0.2, 0.25) is 0 Å². The van der Waals surface area contributed by atoms with Crippen LogP contribution in [0.15, 0.2) is 75.5 Å². The molecule has 0 aliphatic carbocycles.